The molecule has 2 nitrogen and oxygen atoms in total. The van der Waals surface area contributed by atoms with E-state index in [9.17, 15) is 5.02 Å². The summed E-state index contributed by atoms with van der Waals surface area (Å²) in [5.74, 6) is 0. The first-order chi connectivity index (χ1) is 6.57. The number of allylic oxidation sites excluding steroid dienone is 3. The van der Waals surface area contributed by atoms with Crippen molar-refractivity contribution >= 4 is 6.92 Å². The van der Waals surface area contributed by atoms with Gasteiger partial charge in [-0.15, -0.1) is 6.58 Å². The van der Waals surface area contributed by atoms with Crippen LogP contribution in [-0.2, 0) is 0 Å². The van der Waals surface area contributed by atoms with Gasteiger partial charge in [-0.1, -0.05) is 28.8 Å². The fourth-order valence-corrected chi connectivity index (χ4v) is 0.989. The molecule has 0 spiro atoms. The molecule has 0 aromatic rings. The molecule has 3 heteroatoms. The van der Waals surface area contributed by atoms with Crippen molar-refractivity contribution in [1.29, 1.82) is 0 Å². The first-order valence-corrected chi connectivity index (χ1v) is 4.91. The van der Waals surface area contributed by atoms with Crippen molar-refractivity contribution in [3.63, 3.8) is 0 Å². The minimum Gasteiger partial charge on any atom is -0.447 e. The predicted molar refractivity (Wildman–Crippen MR) is 63.8 cm³/mol. The predicted octanol–water partition coefficient (Wildman–Crippen LogP) is 2.77. The first-order valence-electron chi connectivity index (χ1n) is 4.91. The van der Waals surface area contributed by atoms with Gasteiger partial charge in [-0.25, -0.2) is 0 Å². The van der Waals surface area contributed by atoms with Gasteiger partial charge in [-0.3, -0.25) is 0 Å². The summed E-state index contributed by atoms with van der Waals surface area (Å²) >= 11 is 0. The van der Waals surface area contributed by atoms with E-state index < -0.39 is 6.92 Å². The van der Waals surface area contributed by atoms with Crippen molar-refractivity contribution in [1.82, 2.24) is 0 Å². The molecular formula is C11H19BNO+. The Labute approximate surface area is 87.3 Å². The minimum atomic E-state index is -0.396. The summed E-state index contributed by atoms with van der Waals surface area (Å²) in [6.07, 6.45) is 4.71. The number of nitrogens with zero attached hydrogens (tertiary/aromatic N) is 1. The zero-order chi connectivity index (χ0) is 11.0. The molecule has 0 aliphatic carbocycles. The smallest absolute Gasteiger partial charge is 0.315 e. The minimum absolute atomic E-state index is 0.396. The second-order valence-electron chi connectivity index (χ2n) is 3.48. The Kier molecular flexibility index (Phi) is 6.87. The highest BCUT2D eigenvalue weighted by molar-refractivity contribution is 6.57. The lowest BCUT2D eigenvalue weighted by Gasteiger charge is -2.02. The molecule has 0 radical (unpaired) electrons. The van der Waals surface area contributed by atoms with Crippen LogP contribution in [0.25, 0.3) is 4.85 Å². The highest BCUT2D eigenvalue weighted by Crippen LogP contribution is 2.08. The summed E-state index contributed by atoms with van der Waals surface area (Å²) in [7, 11) is 1.72. The van der Waals surface area contributed by atoms with Crippen LogP contribution in [0.1, 0.15) is 26.2 Å². The maximum Gasteiger partial charge on any atom is 0.315 e. The monoisotopic (exact) mass is 192 g/mol. The van der Waals surface area contributed by atoms with Crippen molar-refractivity contribution in [3.8, 4) is 6.07 Å². The van der Waals surface area contributed by atoms with Gasteiger partial charge in [-0.05, 0) is 19.8 Å². The Bertz CT molecular complexity index is 271. The van der Waals surface area contributed by atoms with Gasteiger partial charge >= 0.3 is 6.92 Å². The SMILES string of the molecule is C=C(CC/C=C(\C)CC#[N+]C)B(C)O. The molecule has 0 aliphatic rings. The number of hydrogen-bond acceptors (Lipinski definition) is 1. The molecule has 14 heavy (non-hydrogen) atoms. The molecule has 0 aliphatic heterocycles. The Morgan fingerprint density at radius 1 is 1.64 bits per heavy atom. The first kappa shape index (κ1) is 13.0. The lowest BCUT2D eigenvalue weighted by atomic mass is 9.63. The fraction of sp³-hybridized carbons (Fsp3) is 0.545. The molecule has 0 bridgehead atoms. The molecule has 0 aromatic carbocycles. The highest BCUT2D eigenvalue weighted by Gasteiger charge is 2.05. The van der Waals surface area contributed by atoms with Crippen LogP contribution in [-0.4, -0.2) is 19.0 Å². The lowest BCUT2D eigenvalue weighted by Crippen LogP contribution is -2.08. The maximum absolute atomic E-state index is 9.18. The van der Waals surface area contributed by atoms with Crippen molar-refractivity contribution in [2.45, 2.75) is 33.0 Å². The summed E-state index contributed by atoms with van der Waals surface area (Å²) in [4.78, 5) is 3.80. The fourth-order valence-electron chi connectivity index (χ4n) is 0.989. The normalized spacial score (nSPS) is 10.4. The molecule has 0 saturated heterocycles. The molecule has 76 valence electrons. The maximum atomic E-state index is 9.18. The van der Waals surface area contributed by atoms with Crippen LogP contribution in [0.15, 0.2) is 23.7 Å². The standard InChI is InChI=1S/C11H19BNO/c1-10(8-9-13-4)6-5-7-11(2)12(3)14/h6,14H,2,5,7-8H2,1,3-4H3/q+1/b10-6+. The summed E-state index contributed by atoms with van der Waals surface area (Å²) in [6.45, 7) is 7.21. The van der Waals surface area contributed by atoms with Crippen LogP contribution < -0.4 is 0 Å². The lowest BCUT2D eigenvalue weighted by molar-refractivity contribution is 0.585. The van der Waals surface area contributed by atoms with Gasteiger partial charge < -0.3 is 5.02 Å². The van der Waals surface area contributed by atoms with Crippen LogP contribution in [0.4, 0.5) is 0 Å². The second kappa shape index (κ2) is 7.40. The third-order valence-electron chi connectivity index (χ3n) is 2.07. The van der Waals surface area contributed by atoms with Crippen molar-refractivity contribution in [2.75, 3.05) is 7.05 Å². The van der Waals surface area contributed by atoms with E-state index in [1.807, 2.05) is 0 Å². The molecule has 1 N–H and O–H groups in total. The van der Waals surface area contributed by atoms with E-state index in [2.05, 4.69) is 30.5 Å². The van der Waals surface area contributed by atoms with Gasteiger partial charge in [0.1, 0.15) is 6.42 Å². The molecule has 0 atom stereocenters. The molecule has 0 saturated carbocycles. The van der Waals surface area contributed by atoms with Crippen molar-refractivity contribution < 1.29 is 5.02 Å². The third-order valence-corrected chi connectivity index (χ3v) is 2.07. The van der Waals surface area contributed by atoms with Gasteiger partial charge in [0.25, 0.3) is 13.1 Å². The third kappa shape index (κ3) is 6.50. The molecule has 0 rings (SSSR count). The molecule has 0 amide bonds. The summed E-state index contributed by atoms with van der Waals surface area (Å²) < 4.78 is 0. The van der Waals surface area contributed by atoms with Crippen LogP contribution >= 0.6 is 0 Å². The van der Waals surface area contributed by atoms with Gasteiger partial charge in [0.15, 0.2) is 0 Å². The molecule has 0 aromatic heterocycles. The van der Waals surface area contributed by atoms with E-state index in [0.29, 0.717) is 0 Å². The van der Waals surface area contributed by atoms with E-state index in [0.717, 1.165) is 24.7 Å². The highest BCUT2D eigenvalue weighted by atomic mass is 16.2. The summed E-state index contributed by atoms with van der Waals surface area (Å²) in [5, 5.41) is 9.18. The zero-order valence-electron chi connectivity index (χ0n) is 9.38. The summed E-state index contributed by atoms with van der Waals surface area (Å²) in [6, 6.07) is 2.89. The quantitative estimate of drug-likeness (QED) is 0.525. The summed E-state index contributed by atoms with van der Waals surface area (Å²) in [5.41, 5.74) is 2.15. The molecule has 0 unspecified atom stereocenters. The second-order valence-corrected chi connectivity index (χ2v) is 3.48. The number of rotatable bonds is 5. The van der Waals surface area contributed by atoms with Gasteiger partial charge in [-0.2, -0.15) is 0 Å². The molecule has 0 heterocycles. The molecule has 0 fully saturated rings. The van der Waals surface area contributed by atoms with Gasteiger partial charge in [0, 0.05) is 0 Å². The van der Waals surface area contributed by atoms with E-state index in [4.69, 9.17) is 0 Å². The van der Waals surface area contributed by atoms with E-state index in [1.54, 1.807) is 13.9 Å². The Morgan fingerprint density at radius 2 is 2.29 bits per heavy atom. The number of hydrogen-bond donors (Lipinski definition) is 1. The van der Waals surface area contributed by atoms with Crippen molar-refractivity contribution in [3.05, 3.63) is 28.5 Å². The van der Waals surface area contributed by atoms with Gasteiger partial charge in [0.05, 0.1) is 0 Å². The zero-order valence-corrected chi connectivity index (χ0v) is 9.38. The van der Waals surface area contributed by atoms with E-state index in [1.165, 1.54) is 5.57 Å². The average molecular weight is 192 g/mol. The topological polar surface area (TPSA) is 24.6 Å². The van der Waals surface area contributed by atoms with Crippen LogP contribution in [0.2, 0.25) is 6.82 Å². The Balaban J connectivity index is 3.79. The largest absolute Gasteiger partial charge is 0.447 e. The van der Waals surface area contributed by atoms with Crippen LogP contribution in [0, 0.1) is 6.07 Å². The van der Waals surface area contributed by atoms with Gasteiger partial charge in [0.2, 0.25) is 0 Å². The van der Waals surface area contributed by atoms with E-state index >= 15 is 0 Å². The van der Waals surface area contributed by atoms with Crippen molar-refractivity contribution in [2.24, 2.45) is 0 Å². The van der Waals surface area contributed by atoms with E-state index in [-0.39, 0.29) is 0 Å². The Hall–Kier alpha value is -1.01. The molecular weight excluding hydrogens is 173 g/mol. The van der Waals surface area contributed by atoms with Crippen LogP contribution in [0.3, 0.4) is 0 Å². The van der Waals surface area contributed by atoms with Crippen LogP contribution in [0.5, 0.6) is 0 Å². The Morgan fingerprint density at radius 3 is 2.79 bits per heavy atom. The average Bonchev–Trinajstić information content (AvgIpc) is 2.14.